The van der Waals surface area contributed by atoms with Crippen LogP contribution in [0.2, 0.25) is 0 Å². The lowest BCUT2D eigenvalue weighted by Gasteiger charge is -2.36. The van der Waals surface area contributed by atoms with Gasteiger partial charge < -0.3 is 11.1 Å². The van der Waals surface area contributed by atoms with Gasteiger partial charge in [-0.25, -0.2) is 0 Å². The summed E-state index contributed by atoms with van der Waals surface area (Å²) < 4.78 is 0. The first-order valence-corrected chi connectivity index (χ1v) is 6.41. The lowest BCUT2D eigenvalue weighted by atomic mass is 9.94. The van der Waals surface area contributed by atoms with E-state index in [2.05, 4.69) is 16.0 Å². The highest BCUT2D eigenvalue weighted by Crippen LogP contribution is 2.22. The van der Waals surface area contributed by atoms with E-state index in [-0.39, 0.29) is 5.91 Å². The first-order valence-electron chi connectivity index (χ1n) is 6.41. The summed E-state index contributed by atoms with van der Waals surface area (Å²) in [5, 5.41) is 3.41. The molecule has 3 N–H and O–H groups in total. The van der Waals surface area contributed by atoms with E-state index in [4.69, 9.17) is 0 Å². The van der Waals surface area contributed by atoms with E-state index in [1.807, 2.05) is 0 Å². The van der Waals surface area contributed by atoms with Crippen LogP contribution in [-0.4, -0.2) is 43.0 Å². The normalized spacial score (nSPS) is 23.3. The second kappa shape index (κ2) is 7.63. The molecule has 2 aliphatic rings. The zero-order chi connectivity index (χ0) is 11.8. The fourth-order valence-electron chi connectivity index (χ4n) is 2.49. The van der Waals surface area contributed by atoms with Gasteiger partial charge >= 0.3 is 0 Å². The number of piperazine rings is 1. The van der Waals surface area contributed by atoms with Gasteiger partial charge in [0.1, 0.15) is 0 Å². The van der Waals surface area contributed by atoms with Crippen molar-refractivity contribution >= 4 is 5.91 Å². The van der Waals surface area contributed by atoms with E-state index in [1.165, 1.54) is 65.2 Å². The first-order chi connectivity index (χ1) is 7.70. The van der Waals surface area contributed by atoms with Crippen LogP contribution >= 0.6 is 0 Å². The highest BCUT2D eigenvalue weighted by molar-refractivity contribution is 5.70. The fourth-order valence-corrected chi connectivity index (χ4v) is 2.49. The van der Waals surface area contributed by atoms with Crippen LogP contribution in [0.5, 0.6) is 0 Å². The average molecular weight is 227 g/mol. The van der Waals surface area contributed by atoms with Crippen LogP contribution in [0.1, 0.15) is 39.0 Å². The van der Waals surface area contributed by atoms with Crippen molar-refractivity contribution in [3.63, 3.8) is 0 Å². The quantitative estimate of drug-likeness (QED) is 0.694. The molecule has 1 aliphatic carbocycles. The molecule has 0 atom stereocenters. The lowest BCUT2D eigenvalue weighted by molar-refractivity contribution is -0.115. The van der Waals surface area contributed by atoms with Crippen molar-refractivity contribution < 1.29 is 4.79 Å². The van der Waals surface area contributed by atoms with E-state index < -0.39 is 0 Å². The summed E-state index contributed by atoms with van der Waals surface area (Å²) >= 11 is 0. The highest BCUT2D eigenvalue weighted by atomic mass is 16.1. The Labute approximate surface area is 98.6 Å². The van der Waals surface area contributed by atoms with E-state index in [0.29, 0.717) is 0 Å². The third kappa shape index (κ3) is 5.47. The van der Waals surface area contributed by atoms with Crippen molar-refractivity contribution in [2.75, 3.05) is 26.2 Å². The van der Waals surface area contributed by atoms with Crippen LogP contribution in [0.15, 0.2) is 0 Å². The molecule has 0 aromatic heterocycles. The molecule has 0 aromatic carbocycles. The SMILES string of the molecule is C1CCC(N2CCNCC2)CC1.CC(N)=O. The highest BCUT2D eigenvalue weighted by Gasteiger charge is 2.21. The van der Waals surface area contributed by atoms with Crippen LogP contribution < -0.4 is 11.1 Å². The molecular weight excluding hydrogens is 202 g/mol. The van der Waals surface area contributed by atoms with E-state index in [9.17, 15) is 4.79 Å². The molecule has 2 fully saturated rings. The molecule has 1 heterocycles. The van der Waals surface area contributed by atoms with Crippen molar-refractivity contribution in [1.29, 1.82) is 0 Å². The fraction of sp³-hybridized carbons (Fsp3) is 0.917. The number of carbonyl (C=O) groups is 1. The van der Waals surface area contributed by atoms with Crippen LogP contribution in [0.25, 0.3) is 0 Å². The summed E-state index contributed by atoms with van der Waals surface area (Å²) in [4.78, 5) is 11.9. The Morgan fingerprint density at radius 3 is 2.19 bits per heavy atom. The Morgan fingerprint density at radius 2 is 1.69 bits per heavy atom. The molecule has 1 saturated carbocycles. The number of hydrogen-bond acceptors (Lipinski definition) is 3. The molecule has 0 radical (unpaired) electrons. The smallest absolute Gasteiger partial charge is 0.214 e. The maximum atomic E-state index is 9.22. The topological polar surface area (TPSA) is 58.4 Å². The molecule has 0 spiro atoms. The van der Waals surface area contributed by atoms with Gasteiger partial charge in [0.2, 0.25) is 5.91 Å². The van der Waals surface area contributed by atoms with E-state index >= 15 is 0 Å². The minimum absolute atomic E-state index is 0.333. The number of hydrogen-bond donors (Lipinski definition) is 2. The molecule has 1 amide bonds. The Kier molecular flexibility index (Phi) is 6.42. The monoisotopic (exact) mass is 227 g/mol. The molecule has 0 bridgehead atoms. The standard InChI is InChI=1S/C10H20N2.C2H5NO/c1-2-4-10(5-3-1)12-8-6-11-7-9-12;1-2(3)4/h10-11H,1-9H2;1H3,(H2,3,4). The number of nitrogens with zero attached hydrogens (tertiary/aromatic N) is 1. The molecule has 1 saturated heterocycles. The van der Waals surface area contributed by atoms with Crippen LogP contribution in [0.4, 0.5) is 0 Å². The van der Waals surface area contributed by atoms with Gasteiger partial charge in [-0.3, -0.25) is 9.69 Å². The van der Waals surface area contributed by atoms with Gasteiger partial charge in [0.25, 0.3) is 0 Å². The molecule has 0 unspecified atom stereocenters. The summed E-state index contributed by atoms with van der Waals surface area (Å²) in [7, 11) is 0. The van der Waals surface area contributed by atoms with E-state index in [0.717, 1.165) is 6.04 Å². The van der Waals surface area contributed by atoms with Crippen molar-refractivity contribution in [3.05, 3.63) is 0 Å². The second-order valence-corrected chi connectivity index (χ2v) is 4.69. The second-order valence-electron chi connectivity index (χ2n) is 4.69. The van der Waals surface area contributed by atoms with Gasteiger partial charge in [0.05, 0.1) is 0 Å². The lowest BCUT2D eigenvalue weighted by Crippen LogP contribution is -2.48. The van der Waals surface area contributed by atoms with Crippen LogP contribution in [0, 0.1) is 0 Å². The third-order valence-electron chi connectivity index (χ3n) is 3.24. The summed E-state index contributed by atoms with van der Waals surface area (Å²) in [6.07, 6.45) is 7.33. The molecule has 4 heteroatoms. The Balaban J connectivity index is 0.000000280. The number of amides is 1. The number of nitrogens with one attached hydrogen (secondary N) is 1. The van der Waals surface area contributed by atoms with Gasteiger partial charge in [0.15, 0.2) is 0 Å². The maximum absolute atomic E-state index is 9.22. The Bertz CT molecular complexity index is 176. The minimum atomic E-state index is -0.333. The van der Waals surface area contributed by atoms with Crippen molar-refractivity contribution in [1.82, 2.24) is 10.2 Å². The first kappa shape index (κ1) is 13.5. The van der Waals surface area contributed by atoms with Crippen molar-refractivity contribution in [2.24, 2.45) is 5.73 Å². The minimum Gasteiger partial charge on any atom is -0.370 e. The summed E-state index contributed by atoms with van der Waals surface area (Å²) in [6, 6.07) is 0.931. The third-order valence-corrected chi connectivity index (χ3v) is 3.24. The predicted molar refractivity (Wildman–Crippen MR) is 66.2 cm³/mol. The molecule has 1 aliphatic heterocycles. The van der Waals surface area contributed by atoms with Gasteiger partial charge in [-0.05, 0) is 12.8 Å². The number of rotatable bonds is 1. The number of primary amides is 1. The maximum Gasteiger partial charge on any atom is 0.214 e. The Morgan fingerprint density at radius 1 is 1.19 bits per heavy atom. The number of carbonyl (C=O) groups excluding carboxylic acids is 1. The molecule has 16 heavy (non-hydrogen) atoms. The van der Waals surface area contributed by atoms with Gasteiger partial charge in [0, 0.05) is 39.1 Å². The zero-order valence-corrected chi connectivity index (χ0v) is 10.4. The largest absolute Gasteiger partial charge is 0.370 e. The van der Waals surface area contributed by atoms with Crippen molar-refractivity contribution in [3.8, 4) is 0 Å². The van der Waals surface area contributed by atoms with Gasteiger partial charge in [-0.2, -0.15) is 0 Å². The van der Waals surface area contributed by atoms with E-state index in [1.54, 1.807) is 0 Å². The summed E-state index contributed by atoms with van der Waals surface area (Å²) in [6.45, 7) is 6.28. The summed E-state index contributed by atoms with van der Waals surface area (Å²) in [5.41, 5.74) is 4.47. The Hall–Kier alpha value is -0.610. The molecule has 4 nitrogen and oxygen atoms in total. The van der Waals surface area contributed by atoms with Gasteiger partial charge in [-0.15, -0.1) is 0 Å². The predicted octanol–water partition coefficient (Wildman–Crippen LogP) is 0.716. The van der Waals surface area contributed by atoms with Crippen LogP contribution in [0.3, 0.4) is 0 Å². The van der Waals surface area contributed by atoms with Crippen LogP contribution in [-0.2, 0) is 4.79 Å². The zero-order valence-electron chi connectivity index (χ0n) is 10.4. The van der Waals surface area contributed by atoms with Gasteiger partial charge in [-0.1, -0.05) is 19.3 Å². The summed E-state index contributed by atoms with van der Waals surface area (Å²) in [5.74, 6) is -0.333. The molecule has 0 aromatic rings. The number of nitrogens with two attached hydrogens (primary N) is 1. The molecule has 2 rings (SSSR count). The molecular formula is C12H25N3O. The molecule has 94 valence electrons. The van der Waals surface area contributed by atoms with Crippen molar-refractivity contribution in [2.45, 2.75) is 45.1 Å². The average Bonchev–Trinajstić information content (AvgIpc) is 2.31.